The van der Waals surface area contributed by atoms with E-state index in [-0.39, 0.29) is 6.04 Å². The summed E-state index contributed by atoms with van der Waals surface area (Å²) < 4.78 is 0. The Bertz CT molecular complexity index is 728. The van der Waals surface area contributed by atoms with E-state index in [1.165, 1.54) is 0 Å². The van der Waals surface area contributed by atoms with Crippen molar-refractivity contribution in [3.63, 3.8) is 0 Å². The third-order valence-corrected chi connectivity index (χ3v) is 4.38. The molecule has 0 spiro atoms. The lowest BCUT2D eigenvalue weighted by molar-refractivity contribution is 0.882. The molecule has 1 unspecified atom stereocenters. The number of hydrogen-bond acceptors (Lipinski definition) is 4. The van der Waals surface area contributed by atoms with Gasteiger partial charge in [0.05, 0.1) is 22.3 Å². The SMILES string of the molecule is Cc1nc(C)c(C(N)c2cccc3cccnc23)s1. The minimum Gasteiger partial charge on any atom is -0.319 e. The molecule has 19 heavy (non-hydrogen) atoms. The second-order valence-corrected chi connectivity index (χ2v) is 5.82. The number of aryl methyl sites for hydroxylation is 2. The van der Waals surface area contributed by atoms with E-state index in [0.29, 0.717) is 0 Å². The molecule has 0 bridgehead atoms. The summed E-state index contributed by atoms with van der Waals surface area (Å²) in [5.41, 5.74) is 9.48. The number of rotatable bonds is 2. The maximum atomic E-state index is 6.43. The van der Waals surface area contributed by atoms with Gasteiger partial charge in [-0.15, -0.1) is 11.3 Å². The summed E-state index contributed by atoms with van der Waals surface area (Å²) in [5, 5.41) is 2.17. The fraction of sp³-hybridized carbons (Fsp3) is 0.200. The predicted octanol–water partition coefficient (Wildman–Crippen LogP) is 3.36. The highest BCUT2D eigenvalue weighted by Gasteiger charge is 2.17. The zero-order valence-electron chi connectivity index (χ0n) is 10.9. The van der Waals surface area contributed by atoms with Gasteiger partial charge in [-0.3, -0.25) is 4.98 Å². The molecule has 0 aliphatic rings. The second-order valence-electron chi connectivity index (χ2n) is 4.58. The quantitative estimate of drug-likeness (QED) is 0.776. The van der Waals surface area contributed by atoms with Crippen molar-refractivity contribution in [1.29, 1.82) is 0 Å². The number of nitrogens with zero attached hydrogens (tertiary/aromatic N) is 2. The van der Waals surface area contributed by atoms with Crippen LogP contribution in [0.3, 0.4) is 0 Å². The highest BCUT2D eigenvalue weighted by molar-refractivity contribution is 7.11. The van der Waals surface area contributed by atoms with Crippen LogP contribution in [0.1, 0.15) is 27.2 Å². The summed E-state index contributed by atoms with van der Waals surface area (Å²) >= 11 is 1.66. The number of hydrogen-bond donors (Lipinski definition) is 1. The number of pyridine rings is 1. The molecule has 3 aromatic rings. The molecule has 0 aliphatic heterocycles. The fourth-order valence-electron chi connectivity index (χ4n) is 2.36. The Labute approximate surface area is 116 Å². The van der Waals surface area contributed by atoms with Gasteiger partial charge < -0.3 is 5.73 Å². The van der Waals surface area contributed by atoms with Crippen LogP contribution in [0.15, 0.2) is 36.5 Å². The maximum Gasteiger partial charge on any atom is 0.0900 e. The van der Waals surface area contributed by atoms with Gasteiger partial charge in [-0.05, 0) is 19.9 Å². The molecular weight excluding hydrogens is 254 g/mol. The van der Waals surface area contributed by atoms with Crippen molar-refractivity contribution in [2.45, 2.75) is 19.9 Å². The lowest BCUT2D eigenvalue weighted by Crippen LogP contribution is -2.12. The molecule has 2 N–H and O–H groups in total. The van der Waals surface area contributed by atoms with Crippen LogP contribution in [-0.4, -0.2) is 9.97 Å². The first-order valence-corrected chi connectivity index (χ1v) is 7.01. The molecule has 0 aliphatic carbocycles. The van der Waals surface area contributed by atoms with Crippen LogP contribution in [0.5, 0.6) is 0 Å². The number of nitrogens with two attached hydrogens (primary N) is 1. The largest absolute Gasteiger partial charge is 0.319 e. The van der Waals surface area contributed by atoms with Gasteiger partial charge in [0.15, 0.2) is 0 Å². The lowest BCUT2D eigenvalue weighted by atomic mass is 10.0. The van der Waals surface area contributed by atoms with Crippen LogP contribution in [0.2, 0.25) is 0 Å². The zero-order valence-corrected chi connectivity index (χ0v) is 11.7. The smallest absolute Gasteiger partial charge is 0.0900 e. The normalized spacial score (nSPS) is 12.8. The molecule has 0 fully saturated rings. The highest BCUT2D eigenvalue weighted by atomic mass is 32.1. The first-order valence-electron chi connectivity index (χ1n) is 6.20. The first kappa shape index (κ1) is 12.3. The van der Waals surface area contributed by atoms with Gasteiger partial charge >= 0.3 is 0 Å². The average molecular weight is 269 g/mol. The van der Waals surface area contributed by atoms with Crippen LogP contribution in [0.4, 0.5) is 0 Å². The summed E-state index contributed by atoms with van der Waals surface area (Å²) in [6.07, 6.45) is 1.81. The first-order chi connectivity index (χ1) is 9.16. The molecule has 0 radical (unpaired) electrons. The van der Waals surface area contributed by atoms with Crippen molar-refractivity contribution in [3.8, 4) is 0 Å². The van der Waals surface area contributed by atoms with Crippen LogP contribution in [0.25, 0.3) is 10.9 Å². The summed E-state index contributed by atoms with van der Waals surface area (Å²) in [5.74, 6) is 0. The zero-order chi connectivity index (χ0) is 13.4. The van der Waals surface area contributed by atoms with Crippen molar-refractivity contribution < 1.29 is 0 Å². The Hall–Kier alpha value is -1.78. The Morgan fingerprint density at radius 2 is 1.95 bits per heavy atom. The Kier molecular flexibility index (Phi) is 3.05. The standard InChI is InChI=1S/C15H15N3S/c1-9-15(19-10(2)18-9)13(16)12-7-3-5-11-6-4-8-17-14(11)12/h3-8,13H,16H2,1-2H3. The van der Waals surface area contributed by atoms with Gasteiger partial charge in [0.2, 0.25) is 0 Å². The van der Waals surface area contributed by atoms with E-state index in [9.17, 15) is 0 Å². The average Bonchev–Trinajstić information content (AvgIpc) is 2.76. The van der Waals surface area contributed by atoms with Gasteiger partial charge in [-0.25, -0.2) is 4.98 Å². The van der Waals surface area contributed by atoms with Gasteiger partial charge in [0.1, 0.15) is 0 Å². The van der Waals surface area contributed by atoms with E-state index in [4.69, 9.17) is 5.73 Å². The second kappa shape index (κ2) is 4.72. The van der Waals surface area contributed by atoms with Gasteiger partial charge in [0, 0.05) is 22.0 Å². The molecule has 1 atom stereocenters. The number of para-hydroxylation sites is 1. The van der Waals surface area contributed by atoms with E-state index in [1.807, 2.05) is 32.2 Å². The number of thiazole rings is 1. The van der Waals surface area contributed by atoms with Crippen LogP contribution >= 0.6 is 11.3 Å². The summed E-state index contributed by atoms with van der Waals surface area (Å²) in [6.45, 7) is 4.02. The topological polar surface area (TPSA) is 51.8 Å². The van der Waals surface area contributed by atoms with E-state index in [2.05, 4.69) is 28.2 Å². The molecule has 0 saturated carbocycles. The molecule has 4 heteroatoms. The molecule has 2 heterocycles. The van der Waals surface area contributed by atoms with E-state index < -0.39 is 0 Å². The van der Waals surface area contributed by atoms with Gasteiger partial charge in [0.25, 0.3) is 0 Å². The summed E-state index contributed by atoms with van der Waals surface area (Å²) in [7, 11) is 0. The number of fused-ring (bicyclic) bond motifs is 1. The number of aromatic nitrogens is 2. The van der Waals surface area contributed by atoms with Crippen molar-refractivity contribution in [3.05, 3.63) is 57.7 Å². The van der Waals surface area contributed by atoms with Crippen molar-refractivity contribution in [1.82, 2.24) is 9.97 Å². The fourth-order valence-corrected chi connectivity index (χ4v) is 3.30. The molecule has 3 rings (SSSR count). The summed E-state index contributed by atoms with van der Waals surface area (Å²) in [4.78, 5) is 10.0. The summed E-state index contributed by atoms with van der Waals surface area (Å²) in [6, 6.07) is 9.98. The Morgan fingerprint density at radius 1 is 1.16 bits per heavy atom. The van der Waals surface area contributed by atoms with Crippen molar-refractivity contribution >= 4 is 22.2 Å². The van der Waals surface area contributed by atoms with E-state index in [1.54, 1.807) is 11.3 Å². The molecule has 3 nitrogen and oxygen atoms in total. The van der Waals surface area contributed by atoms with E-state index >= 15 is 0 Å². The van der Waals surface area contributed by atoms with Crippen molar-refractivity contribution in [2.24, 2.45) is 5.73 Å². The monoisotopic (exact) mass is 269 g/mol. The third kappa shape index (κ3) is 2.13. The molecular formula is C15H15N3S. The van der Waals surface area contributed by atoms with Crippen molar-refractivity contribution in [2.75, 3.05) is 0 Å². The molecule has 1 aromatic carbocycles. The lowest BCUT2D eigenvalue weighted by Gasteiger charge is -2.13. The van der Waals surface area contributed by atoms with Gasteiger partial charge in [-0.2, -0.15) is 0 Å². The number of benzene rings is 1. The van der Waals surface area contributed by atoms with Crippen LogP contribution in [0, 0.1) is 13.8 Å². The molecule has 2 aromatic heterocycles. The predicted molar refractivity (Wildman–Crippen MR) is 79.4 cm³/mol. The minimum absolute atomic E-state index is 0.162. The highest BCUT2D eigenvalue weighted by Crippen LogP contribution is 2.31. The minimum atomic E-state index is -0.162. The Balaban J connectivity index is 2.16. The van der Waals surface area contributed by atoms with E-state index in [0.717, 1.165) is 32.0 Å². The molecule has 0 saturated heterocycles. The maximum absolute atomic E-state index is 6.43. The van der Waals surface area contributed by atoms with Crippen LogP contribution < -0.4 is 5.73 Å². The molecule has 96 valence electrons. The van der Waals surface area contributed by atoms with Crippen LogP contribution in [-0.2, 0) is 0 Å². The Morgan fingerprint density at radius 3 is 2.68 bits per heavy atom. The molecule has 0 amide bonds. The third-order valence-electron chi connectivity index (χ3n) is 3.22. The van der Waals surface area contributed by atoms with Gasteiger partial charge in [-0.1, -0.05) is 24.3 Å².